The molecule has 0 bridgehead atoms. The predicted molar refractivity (Wildman–Crippen MR) is 73.4 cm³/mol. The van der Waals surface area contributed by atoms with E-state index in [2.05, 4.69) is 4.90 Å². The second-order valence-corrected chi connectivity index (χ2v) is 5.13. The zero-order valence-corrected chi connectivity index (χ0v) is 11.2. The highest BCUT2D eigenvalue weighted by Gasteiger charge is 2.28. The van der Waals surface area contributed by atoms with Crippen LogP contribution in [0.4, 0.5) is 5.69 Å². The average molecular weight is 278 g/mol. The van der Waals surface area contributed by atoms with Crippen LogP contribution in [0.5, 0.6) is 0 Å². The lowest BCUT2D eigenvalue weighted by molar-refractivity contribution is -0.384. The summed E-state index contributed by atoms with van der Waals surface area (Å²) in [7, 11) is 0. The highest BCUT2D eigenvalue weighted by Crippen LogP contribution is 2.29. The van der Waals surface area contributed by atoms with Gasteiger partial charge in [0.15, 0.2) is 0 Å². The standard InChI is InChI=1S/C14H18N2O4/c17-14(18)5-2-8-15(12-6-7-12)10-11-3-1-4-13(9-11)16(19)20/h1,3-4,9,12H,2,5-8,10H2,(H,17,18). The van der Waals surface area contributed by atoms with Crippen molar-refractivity contribution in [3.05, 3.63) is 39.9 Å². The van der Waals surface area contributed by atoms with E-state index in [1.54, 1.807) is 12.1 Å². The number of benzene rings is 1. The van der Waals surface area contributed by atoms with Crippen LogP contribution in [0, 0.1) is 10.1 Å². The summed E-state index contributed by atoms with van der Waals surface area (Å²) in [6, 6.07) is 7.14. The maximum absolute atomic E-state index is 10.8. The van der Waals surface area contributed by atoms with Crippen molar-refractivity contribution >= 4 is 11.7 Å². The number of aliphatic carboxylic acids is 1. The molecule has 1 aliphatic rings. The molecular formula is C14H18N2O4. The molecule has 0 atom stereocenters. The molecule has 2 rings (SSSR count). The van der Waals surface area contributed by atoms with Gasteiger partial charge < -0.3 is 5.11 Å². The van der Waals surface area contributed by atoms with Crippen LogP contribution in [0.25, 0.3) is 0 Å². The molecule has 1 fully saturated rings. The average Bonchev–Trinajstić information content (AvgIpc) is 3.22. The lowest BCUT2D eigenvalue weighted by Gasteiger charge is -2.21. The number of nitro groups is 1. The molecule has 108 valence electrons. The number of nitrogens with zero attached hydrogens (tertiary/aromatic N) is 2. The second-order valence-electron chi connectivity index (χ2n) is 5.13. The molecule has 1 saturated carbocycles. The van der Waals surface area contributed by atoms with Crippen LogP contribution >= 0.6 is 0 Å². The number of rotatable bonds is 8. The molecule has 0 amide bonds. The highest BCUT2D eigenvalue weighted by molar-refractivity contribution is 5.66. The fourth-order valence-corrected chi connectivity index (χ4v) is 2.27. The molecule has 0 heterocycles. The third-order valence-electron chi connectivity index (χ3n) is 3.41. The monoisotopic (exact) mass is 278 g/mol. The summed E-state index contributed by atoms with van der Waals surface area (Å²) in [6.07, 6.45) is 3.03. The fourth-order valence-electron chi connectivity index (χ4n) is 2.27. The molecule has 6 nitrogen and oxygen atoms in total. The lowest BCUT2D eigenvalue weighted by atomic mass is 10.1. The normalized spacial score (nSPS) is 14.4. The first-order valence-corrected chi connectivity index (χ1v) is 6.75. The predicted octanol–water partition coefficient (Wildman–Crippen LogP) is 2.42. The Kier molecular flexibility index (Phi) is 4.68. The molecule has 1 aliphatic carbocycles. The maximum Gasteiger partial charge on any atom is 0.303 e. The van der Waals surface area contributed by atoms with Crippen LogP contribution in [-0.4, -0.2) is 33.5 Å². The molecule has 1 aromatic rings. The number of carbonyl (C=O) groups is 1. The van der Waals surface area contributed by atoms with Gasteiger partial charge in [-0.3, -0.25) is 19.8 Å². The summed E-state index contributed by atoms with van der Waals surface area (Å²) >= 11 is 0. The Bertz CT molecular complexity index is 500. The maximum atomic E-state index is 10.8. The van der Waals surface area contributed by atoms with Gasteiger partial charge in [0.1, 0.15) is 0 Å². The van der Waals surface area contributed by atoms with E-state index in [-0.39, 0.29) is 12.1 Å². The minimum Gasteiger partial charge on any atom is -0.481 e. The molecule has 0 radical (unpaired) electrons. The van der Waals surface area contributed by atoms with Crippen molar-refractivity contribution in [2.24, 2.45) is 0 Å². The first-order valence-electron chi connectivity index (χ1n) is 6.75. The topological polar surface area (TPSA) is 83.7 Å². The van der Waals surface area contributed by atoms with Gasteiger partial charge >= 0.3 is 5.97 Å². The van der Waals surface area contributed by atoms with Crippen LogP contribution in [0.3, 0.4) is 0 Å². The smallest absolute Gasteiger partial charge is 0.303 e. The van der Waals surface area contributed by atoms with Gasteiger partial charge in [-0.15, -0.1) is 0 Å². The number of hydrogen-bond acceptors (Lipinski definition) is 4. The number of nitro benzene ring substituents is 1. The molecule has 0 spiro atoms. The number of non-ortho nitro benzene ring substituents is 1. The van der Waals surface area contributed by atoms with Gasteiger partial charge in [-0.25, -0.2) is 0 Å². The molecule has 20 heavy (non-hydrogen) atoms. The number of carboxylic acids is 1. The van der Waals surface area contributed by atoms with Gasteiger partial charge in [-0.1, -0.05) is 12.1 Å². The summed E-state index contributed by atoms with van der Waals surface area (Å²) in [5.74, 6) is -0.781. The Labute approximate surface area is 117 Å². The minimum absolute atomic E-state index is 0.101. The van der Waals surface area contributed by atoms with Crippen LogP contribution < -0.4 is 0 Å². The van der Waals surface area contributed by atoms with Gasteiger partial charge in [0.25, 0.3) is 5.69 Å². The molecule has 0 unspecified atom stereocenters. The minimum atomic E-state index is -0.781. The van der Waals surface area contributed by atoms with E-state index >= 15 is 0 Å². The molecule has 1 aromatic carbocycles. The van der Waals surface area contributed by atoms with Gasteiger partial charge in [0.2, 0.25) is 0 Å². The first-order chi connectivity index (χ1) is 9.56. The molecule has 0 aliphatic heterocycles. The van der Waals surface area contributed by atoms with E-state index in [1.807, 2.05) is 6.07 Å². The van der Waals surface area contributed by atoms with Crippen LogP contribution in [0.2, 0.25) is 0 Å². The van der Waals surface area contributed by atoms with E-state index in [9.17, 15) is 14.9 Å². The van der Waals surface area contributed by atoms with E-state index in [0.29, 0.717) is 19.0 Å². The second kappa shape index (κ2) is 6.47. The number of carboxylic acid groups (broad SMARTS) is 1. The zero-order valence-electron chi connectivity index (χ0n) is 11.2. The molecule has 0 aromatic heterocycles. The fraction of sp³-hybridized carbons (Fsp3) is 0.500. The van der Waals surface area contributed by atoms with E-state index in [1.165, 1.54) is 6.07 Å². The Hall–Kier alpha value is -1.95. The summed E-state index contributed by atoms with van der Waals surface area (Å²) in [5.41, 5.74) is 1.00. The Morgan fingerprint density at radius 1 is 1.45 bits per heavy atom. The van der Waals surface area contributed by atoms with Crippen molar-refractivity contribution in [3.8, 4) is 0 Å². The summed E-state index contributed by atoms with van der Waals surface area (Å²) < 4.78 is 0. The molecular weight excluding hydrogens is 260 g/mol. The molecule has 6 heteroatoms. The van der Waals surface area contributed by atoms with Crippen LogP contribution in [-0.2, 0) is 11.3 Å². The van der Waals surface area contributed by atoms with E-state index in [4.69, 9.17) is 5.11 Å². The zero-order chi connectivity index (χ0) is 14.5. The van der Waals surface area contributed by atoms with Gasteiger partial charge in [-0.05, 0) is 31.4 Å². The van der Waals surface area contributed by atoms with Gasteiger partial charge in [0, 0.05) is 31.1 Å². The lowest BCUT2D eigenvalue weighted by Crippen LogP contribution is -2.27. The largest absolute Gasteiger partial charge is 0.481 e. The van der Waals surface area contributed by atoms with Crippen molar-refractivity contribution < 1.29 is 14.8 Å². The molecule has 0 saturated heterocycles. The third kappa shape index (κ3) is 4.31. The van der Waals surface area contributed by atoms with Crippen molar-refractivity contribution in [2.75, 3.05) is 6.54 Å². The van der Waals surface area contributed by atoms with Gasteiger partial charge in [-0.2, -0.15) is 0 Å². The number of hydrogen-bond donors (Lipinski definition) is 1. The van der Waals surface area contributed by atoms with Crippen LogP contribution in [0.15, 0.2) is 24.3 Å². The van der Waals surface area contributed by atoms with E-state index in [0.717, 1.165) is 24.9 Å². The molecule has 1 N–H and O–H groups in total. The van der Waals surface area contributed by atoms with Crippen molar-refractivity contribution in [1.29, 1.82) is 0 Å². The van der Waals surface area contributed by atoms with Gasteiger partial charge in [0.05, 0.1) is 4.92 Å². The third-order valence-corrected chi connectivity index (χ3v) is 3.41. The highest BCUT2D eigenvalue weighted by atomic mass is 16.6. The summed E-state index contributed by atoms with van der Waals surface area (Å²) in [5, 5.41) is 19.4. The Morgan fingerprint density at radius 2 is 2.20 bits per heavy atom. The SMILES string of the molecule is O=C(O)CCCN(Cc1cccc([N+](=O)[O-])c1)C1CC1. The first kappa shape index (κ1) is 14.5. The van der Waals surface area contributed by atoms with Crippen molar-refractivity contribution in [3.63, 3.8) is 0 Å². The Balaban J connectivity index is 1.95. The quantitative estimate of drug-likeness (QED) is 0.583. The van der Waals surface area contributed by atoms with Crippen LogP contribution in [0.1, 0.15) is 31.2 Å². The van der Waals surface area contributed by atoms with Crippen molar-refractivity contribution in [1.82, 2.24) is 4.90 Å². The van der Waals surface area contributed by atoms with E-state index < -0.39 is 10.9 Å². The van der Waals surface area contributed by atoms with Crippen molar-refractivity contribution in [2.45, 2.75) is 38.3 Å². The summed E-state index contributed by atoms with van der Waals surface area (Å²) in [6.45, 7) is 1.37. The Morgan fingerprint density at radius 3 is 2.80 bits per heavy atom. The summed E-state index contributed by atoms with van der Waals surface area (Å²) in [4.78, 5) is 23.1.